The summed E-state index contributed by atoms with van der Waals surface area (Å²) in [7, 11) is 0. The van der Waals surface area contributed by atoms with Crippen LogP contribution in [0.1, 0.15) is 20.3 Å². The summed E-state index contributed by atoms with van der Waals surface area (Å²) in [5.41, 5.74) is 0.633. The standard InChI is InChI=1S/C15H19N3O3/c1-10(2)8-12-14(20)18(15(21)17-12)9-13(19)16-11-6-4-3-5-7-11/h3-7,10,12H,8-9H2,1-2H3,(H,16,19)(H,17,21)/t12-/m1/s1. The Morgan fingerprint density at radius 3 is 2.57 bits per heavy atom. The molecule has 0 aromatic heterocycles. The van der Waals surface area contributed by atoms with E-state index in [0.717, 1.165) is 4.90 Å². The smallest absolute Gasteiger partial charge is 0.325 e. The Bertz CT molecular complexity index is 542. The number of carbonyl (C=O) groups excluding carboxylic acids is 3. The van der Waals surface area contributed by atoms with Crippen LogP contribution in [-0.2, 0) is 9.59 Å². The van der Waals surface area contributed by atoms with Gasteiger partial charge in [-0.05, 0) is 24.5 Å². The van der Waals surface area contributed by atoms with Crippen molar-refractivity contribution in [1.29, 1.82) is 0 Å². The van der Waals surface area contributed by atoms with Gasteiger partial charge >= 0.3 is 6.03 Å². The number of nitrogens with zero attached hydrogens (tertiary/aromatic N) is 1. The number of benzene rings is 1. The van der Waals surface area contributed by atoms with Crippen molar-refractivity contribution in [1.82, 2.24) is 10.2 Å². The molecule has 1 aliphatic heterocycles. The first kappa shape index (κ1) is 15.0. The van der Waals surface area contributed by atoms with E-state index in [2.05, 4.69) is 10.6 Å². The Morgan fingerprint density at radius 1 is 1.29 bits per heavy atom. The van der Waals surface area contributed by atoms with Gasteiger partial charge in [0.05, 0.1) is 0 Å². The van der Waals surface area contributed by atoms with Crippen LogP contribution in [-0.4, -0.2) is 35.3 Å². The molecular weight excluding hydrogens is 270 g/mol. The monoisotopic (exact) mass is 289 g/mol. The van der Waals surface area contributed by atoms with Crippen LogP contribution in [0, 0.1) is 5.92 Å². The number of carbonyl (C=O) groups is 3. The first-order valence-electron chi connectivity index (χ1n) is 6.94. The van der Waals surface area contributed by atoms with Crippen molar-refractivity contribution >= 4 is 23.5 Å². The Kier molecular flexibility index (Phi) is 4.57. The molecule has 112 valence electrons. The molecule has 0 radical (unpaired) electrons. The quantitative estimate of drug-likeness (QED) is 0.808. The average molecular weight is 289 g/mol. The Hall–Kier alpha value is -2.37. The molecule has 1 aromatic carbocycles. The average Bonchev–Trinajstić information content (AvgIpc) is 2.67. The summed E-state index contributed by atoms with van der Waals surface area (Å²) in [6.45, 7) is 3.68. The number of nitrogens with one attached hydrogen (secondary N) is 2. The van der Waals surface area contributed by atoms with E-state index >= 15 is 0 Å². The van der Waals surface area contributed by atoms with Gasteiger partial charge in [0, 0.05) is 5.69 Å². The second-order valence-corrected chi connectivity index (χ2v) is 5.47. The lowest BCUT2D eigenvalue weighted by Crippen LogP contribution is -2.38. The predicted octanol–water partition coefficient (Wildman–Crippen LogP) is 1.59. The number of anilines is 1. The largest absolute Gasteiger partial charge is 0.326 e. The first-order chi connectivity index (χ1) is 9.97. The van der Waals surface area contributed by atoms with Crippen LogP contribution in [0.5, 0.6) is 0 Å². The predicted molar refractivity (Wildman–Crippen MR) is 78.6 cm³/mol. The van der Waals surface area contributed by atoms with E-state index in [1.165, 1.54) is 0 Å². The third-order valence-corrected chi connectivity index (χ3v) is 3.17. The maximum atomic E-state index is 12.1. The molecule has 0 aliphatic carbocycles. The summed E-state index contributed by atoms with van der Waals surface area (Å²) >= 11 is 0. The van der Waals surface area contributed by atoms with Gasteiger partial charge in [0.2, 0.25) is 5.91 Å². The van der Waals surface area contributed by atoms with Crippen LogP contribution < -0.4 is 10.6 Å². The van der Waals surface area contributed by atoms with Gasteiger partial charge < -0.3 is 10.6 Å². The summed E-state index contributed by atoms with van der Waals surface area (Å²) in [4.78, 5) is 36.7. The van der Waals surface area contributed by atoms with E-state index in [4.69, 9.17) is 0 Å². The molecule has 1 atom stereocenters. The summed E-state index contributed by atoms with van der Waals surface area (Å²) in [5.74, 6) is -0.441. The van der Waals surface area contributed by atoms with Gasteiger partial charge in [-0.25, -0.2) is 4.79 Å². The minimum absolute atomic E-state index is 0.270. The molecule has 2 N–H and O–H groups in total. The third-order valence-electron chi connectivity index (χ3n) is 3.17. The Morgan fingerprint density at radius 2 is 1.95 bits per heavy atom. The molecule has 0 unspecified atom stereocenters. The van der Waals surface area contributed by atoms with Crippen LogP contribution in [0.3, 0.4) is 0 Å². The van der Waals surface area contributed by atoms with Gasteiger partial charge in [-0.15, -0.1) is 0 Å². The van der Waals surface area contributed by atoms with Gasteiger partial charge in [-0.2, -0.15) is 0 Å². The molecule has 0 saturated carbocycles. The minimum atomic E-state index is -0.526. The number of hydrogen-bond donors (Lipinski definition) is 2. The zero-order valence-corrected chi connectivity index (χ0v) is 12.1. The molecule has 21 heavy (non-hydrogen) atoms. The van der Waals surface area contributed by atoms with Crippen molar-refractivity contribution in [2.75, 3.05) is 11.9 Å². The zero-order valence-electron chi connectivity index (χ0n) is 12.1. The number of imide groups is 1. The number of amides is 4. The number of para-hydroxylation sites is 1. The lowest BCUT2D eigenvalue weighted by Gasteiger charge is -2.13. The van der Waals surface area contributed by atoms with E-state index in [1.807, 2.05) is 19.9 Å². The van der Waals surface area contributed by atoms with Crippen molar-refractivity contribution in [2.24, 2.45) is 5.92 Å². The van der Waals surface area contributed by atoms with Crippen molar-refractivity contribution in [3.05, 3.63) is 30.3 Å². The summed E-state index contributed by atoms with van der Waals surface area (Å²) in [5, 5.41) is 5.26. The normalized spacial score (nSPS) is 18.0. The van der Waals surface area contributed by atoms with E-state index in [-0.39, 0.29) is 18.4 Å². The van der Waals surface area contributed by atoms with Gasteiger partial charge in [0.1, 0.15) is 12.6 Å². The summed E-state index contributed by atoms with van der Waals surface area (Å²) < 4.78 is 0. The fraction of sp³-hybridized carbons (Fsp3) is 0.400. The lowest BCUT2D eigenvalue weighted by molar-refractivity contribution is -0.131. The van der Waals surface area contributed by atoms with Crippen molar-refractivity contribution in [3.63, 3.8) is 0 Å². The highest BCUT2D eigenvalue weighted by Gasteiger charge is 2.38. The van der Waals surface area contributed by atoms with Crippen LogP contribution in [0.4, 0.5) is 10.5 Å². The molecule has 0 spiro atoms. The van der Waals surface area contributed by atoms with Gasteiger partial charge in [0.25, 0.3) is 5.91 Å². The van der Waals surface area contributed by atoms with E-state index in [9.17, 15) is 14.4 Å². The molecule has 6 heteroatoms. The SMILES string of the molecule is CC(C)C[C@H]1NC(=O)N(CC(=O)Nc2ccccc2)C1=O. The van der Waals surface area contributed by atoms with Crippen molar-refractivity contribution in [2.45, 2.75) is 26.3 Å². The number of rotatable bonds is 5. The summed E-state index contributed by atoms with van der Waals surface area (Å²) in [6, 6.07) is 7.88. The Labute approximate surface area is 123 Å². The highest BCUT2D eigenvalue weighted by atomic mass is 16.2. The first-order valence-corrected chi connectivity index (χ1v) is 6.94. The molecular formula is C15H19N3O3. The van der Waals surface area contributed by atoms with Crippen LogP contribution >= 0.6 is 0 Å². The summed E-state index contributed by atoms with van der Waals surface area (Å²) in [6.07, 6.45) is 0.571. The molecule has 6 nitrogen and oxygen atoms in total. The second-order valence-electron chi connectivity index (χ2n) is 5.47. The zero-order chi connectivity index (χ0) is 15.4. The van der Waals surface area contributed by atoms with Crippen LogP contribution in [0.15, 0.2) is 30.3 Å². The van der Waals surface area contributed by atoms with Crippen LogP contribution in [0.25, 0.3) is 0 Å². The molecule has 1 aliphatic rings. The molecule has 4 amide bonds. The fourth-order valence-corrected chi connectivity index (χ4v) is 2.22. The maximum absolute atomic E-state index is 12.1. The molecule has 0 bridgehead atoms. The van der Waals surface area contributed by atoms with Gasteiger partial charge in [0.15, 0.2) is 0 Å². The van der Waals surface area contributed by atoms with E-state index in [1.54, 1.807) is 24.3 Å². The van der Waals surface area contributed by atoms with E-state index in [0.29, 0.717) is 12.1 Å². The maximum Gasteiger partial charge on any atom is 0.325 e. The second kappa shape index (κ2) is 6.39. The van der Waals surface area contributed by atoms with Crippen molar-refractivity contribution < 1.29 is 14.4 Å². The molecule has 2 rings (SSSR count). The molecule has 1 fully saturated rings. The van der Waals surface area contributed by atoms with Crippen molar-refractivity contribution in [3.8, 4) is 0 Å². The number of hydrogen-bond acceptors (Lipinski definition) is 3. The van der Waals surface area contributed by atoms with Gasteiger partial charge in [-0.1, -0.05) is 32.0 Å². The topological polar surface area (TPSA) is 78.5 Å². The Balaban J connectivity index is 1.94. The highest BCUT2D eigenvalue weighted by Crippen LogP contribution is 2.14. The van der Waals surface area contributed by atoms with Crippen LogP contribution in [0.2, 0.25) is 0 Å². The van der Waals surface area contributed by atoms with Gasteiger partial charge in [-0.3, -0.25) is 14.5 Å². The van der Waals surface area contributed by atoms with E-state index < -0.39 is 18.0 Å². The highest BCUT2D eigenvalue weighted by molar-refractivity contribution is 6.07. The number of urea groups is 1. The third kappa shape index (κ3) is 3.81. The minimum Gasteiger partial charge on any atom is -0.326 e. The molecule has 1 heterocycles. The lowest BCUT2D eigenvalue weighted by atomic mass is 10.0. The molecule has 1 aromatic rings. The fourth-order valence-electron chi connectivity index (χ4n) is 2.22. The molecule has 1 saturated heterocycles.